The van der Waals surface area contributed by atoms with Crippen LogP contribution in [0, 0.1) is 0 Å². The topological polar surface area (TPSA) is 64.5 Å². The Bertz CT molecular complexity index is 687. The lowest BCUT2D eigenvalue weighted by Crippen LogP contribution is -2.32. The van der Waals surface area contributed by atoms with Crippen LogP contribution in [-0.4, -0.2) is 47.2 Å². The van der Waals surface area contributed by atoms with E-state index in [1.165, 1.54) is 7.11 Å². The van der Waals surface area contributed by atoms with Crippen LogP contribution in [0.4, 0.5) is 0 Å². The van der Waals surface area contributed by atoms with Crippen LogP contribution >= 0.6 is 0 Å². The number of hydrogen-bond donors (Lipinski definition) is 0. The van der Waals surface area contributed by atoms with Crippen LogP contribution in [0.5, 0.6) is 0 Å². The maximum Gasteiger partial charge on any atom is 0.356 e. The summed E-state index contributed by atoms with van der Waals surface area (Å²) in [5.41, 5.74) is 2.16. The quantitative estimate of drug-likeness (QED) is 0.721. The Kier molecular flexibility index (Phi) is 6.09. The Labute approximate surface area is 147 Å². The molecule has 1 fully saturated rings. The molecule has 6 nitrogen and oxygen atoms in total. The first kappa shape index (κ1) is 17.5. The molecule has 2 aromatic heterocycles. The van der Waals surface area contributed by atoms with Gasteiger partial charge in [0.1, 0.15) is 5.69 Å². The Hall–Kier alpha value is -2.31. The highest BCUT2D eigenvalue weighted by molar-refractivity contribution is 5.87. The molecule has 132 valence electrons. The number of methoxy groups -OCH3 is 1. The minimum absolute atomic E-state index is 0.243. The summed E-state index contributed by atoms with van der Waals surface area (Å²) in [4.78, 5) is 22.8. The molecule has 25 heavy (non-hydrogen) atoms. The Balaban J connectivity index is 1.73. The normalized spacial score (nSPS) is 17.0. The molecule has 0 radical (unpaired) electrons. The minimum atomic E-state index is -0.419. The Morgan fingerprint density at radius 2 is 2.08 bits per heavy atom. The summed E-state index contributed by atoms with van der Waals surface area (Å²) in [7, 11) is 1.36. The van der Waals surface area contributed by atoms with Gasteiger partial charge in [0.15, 0.2) is 0 Å². The fraction of sp³-hybridized carbons (Fsp3) is 0.421. The first-order valence-corrected chi connectivity index (χ1v) is 8.52. The Morgan fingerprint density at radius 1 is 1.24 bits per heavy atom. The molecule has 0 N–H and O–H groups in total. The van der Waals surface area contributed by atoms with Gasteiger partial charge in [0.05, 0.1) is 24.6 Å². The van der Waals surface area contributed by atoms with Gasteiger partial charge >= 0.3 is 5.97 Å². The van der Waals surface area contributed by atoms with Gasteiger partial charge in [0.25, 0.3) is 0 Å². The van der Waals surface area contributed by atoms with Crippen molar-refractivity contribution < 1.29 is 14.3 Å². The fourth-order valence-corrected chi connectivity index (χ4v) is 3.00. The van der Waals surface area contributed by atoms with E-state index < -0.39 is 5.97 Å². The van der Waals surface area contributed by atoms with Crippen molar-refractivity contribution in [1.82, 2.24) is 14.9 Å². The molecule has 3 rings (SSSR count). The number of aromatic nitrogens is 2. The molecule has 0 amide bonds. The minimum Gasteiger partial charge on any atom is -0.464 e. The van der Waals surface area contributed by atoms with E-state index in [1.54, 1.807) is 12.3 Å². The third-order valence-corrected chi connectivity index (χ3v) is 4.18. The number of rotatable bonds is 7. The maximum atomic E-state index is 11.7. The van der Waals surface area contributed by atoms with Crippen LogP contribution in [-0.2, 0) is 22.6 Å². The van der Waals surface area contributed by atoms with Crippen LogP contribution in [0.3, 0.4) is 0 Å². The van der Waals surface area contributed by atoms with E-state index in [9.17, 15) is 4.79 Å². The van der Waals surface area contributed by atoms with Crippen LogP contribution in [0.1, 0.15) is 34.7 Å². The van der Waals surface area contributed by atoms with Crippen molar-refractivity contribution in [2.75, 3.05) is 20.3 Å². The molecular weight excluding hydrogens is 318 g/mol. The molecule has 0 unspecified atom stereocenters. The zero-order valence-corrected chi connectivity index (χ0v) is 14.4. The highest BCUT2D eigenvalue weighted by Crippen LogP contribution is 2.16. The molecule has 0 saturated carbocycles. The average molecular weight is 341 g/mol. The van der Waals surface area contributed by atoms with Gasteiger partial charge in [-0.2, -0.15) is 0 Å². The summed E-state index contributed by atoms with van der Waals surface area (Å²) in [6, 6.07) is 11.3. The summed E-state index contributed by atoms with van der Waals surface area (Å²) in [6.07, 6.45) is 4.23. The van der Waals surface area contributed by atoms with Gasteiger partial charge in [-0.15, -0.1) is 0 Å². The summed E-state index contributed by atoms with van der Waals surface area (Å²) in [6.45, 7) is 2.99. The molecule has 1 aliphatic rings. The van der Waals surface area contributed by atoms with Gasteiger partial charge < -0.3 is 9.47 Å². The van der Waals surface area contributed by atoms with Gasteiger partial charge in [-0.05, 0) is 37.1 Å². The van der Waals surface area contributed by atoms with Crippen LogP contribution in [0.2, 0.25) is 0 Å². The van der Waals surface area contributed by atoms with E-state index in [-0.39, 0.29) is 6.10 Å². The van der Waals surface area contributed by atoms with Crippen molar-refractivity contribution in [3.63, 3.8) is 0 Å². The largest absolute Gasteiger partial charge is 0.464 e. The molecule has 1 aliphatic heterocycles. The summed E-state index contributed by atoms with van der Waals surface area (Å²) in [5, 5.41) is 0. The van der Waals surface area contributed by atoms with E-state index >= 15 is 0 Å². The monoisotopic (exact) mass is 341 g/mol. The van der Waals surface area contributed by atoms with Crippen molar-refractivity contribution in [1.29, 1.82) is 0 Å². The SMILES string of the molecule is COC(=O)c1cccc(CN(Cc2ccccn2)C[C@H]2CCCO2)n1. The molecule has 1 atom stereocenters. The van der Waals surface area contributed by atoms with E-state index in [4.69, 9.17) is 9.47 Å². The third kappa shape index (κ3) is 5.08. The highest BCUT2D eigenvalue weighted by Gasteiger charge is 2.20. The summed E-state index contributed by atoms with van der Waals surface area (Å²) >= 11 is 0. The van der Waals surface area contributed by atoms with Gasteiger partial charge in [-0.3, -0.25) is 9.88 Å². The number of esters is 1. The second-order valence-electron chi connectivity index (χ2n) is 6.13. The third-order valence-electron chi connectivity index (χ3n) is 4.18. The van der Waals surface area contributed by atoms with Crippen LogP contribution in [0.15, 0.2) is 42.6 Å². The second kappa shape index (κ2) is 8.69. The fourth-order valence-electron chi connectivity index (χ4n) is 3.00. The highest BCUT2D eigenvalue weighted by atomic mass is 16.5. The lowest BCUT2D eigenvalue weighted by atomic mass is 10.2. The number of carbonyl (C=O) groups excluding carboxylic acids is 1. The standard InChI is InChI=1S/C19H23N3O3/c1-24-19(23)18-9-4-7-16(21-18)13-22(14-17-8-5-11-25-17)12-15-6-2-3-10-20-15/h2-4,6-7,9-10,17H,5,8,11-14H2,1H3/t17-/m1/s1. The molecule has 0 spiro atoms. The van der Waals surface area contributed by atoms with E-state index in [2.05, 4.69) is 14.9 Å². The van der Waals surface area contributed by atoms with Crippen LogP contribution < -0.4 is 0 Å². The molecule has 0 aromatic carbocycles. The lowest BCUT2D eigenvalue weighted by Gasteiger charge is -2.24. The van der Waals surface area contributed by atoms with Crippen molar-refractivity contribution >= 4 is 5.97 Å². The number of carbonyl (C=O) groups is 1. The molecule has 1 saturated heterocycles. The van der Waals surface area contributed by atoms with Crippen molar-refractivity contribution in [3.8, 4) is 0 Å². The Morgan fingerprint density at radius 3 is 2.80 bits per heavy atom. The maximum absolute atomic E-state index is 11.7. The van der Waals surface area contributed by atoms with Crippen molar-refractivity contribution in [3.05, 3.63) is 59.7 Å². The lowest BCUT2D eigenvalue weighted by molar-refractivity contribution is 0.0590. The van der Waals surface area contributed by atoms with Crippen molar-refractivity contribution in [2.45, 2.75) is 32.0 Å². The number of pyridine rings is 2. The average Bonchev–Trinajstić information content (AvgIpc) is 3.15. The first-order chi connectivity index (χ1) is 12.2. The smallest absolute Gasteiger partial charge is 0.356 e. The molecule has 0 aliphatic carbocycles. The van der Waals surface area contributed by atoms with Crippen LogP contribution in [0.25, 0.3) is 0 Å². The predicted octanol–water partition coefficient (Wildman–Crippen LogP) is 2.44. The van der Waals surface area contributed by atoms with E-state index in [0.29, 0.717) is 18.8 Å². The van der Waals surface area contributed by atoms with E-state index in [0.717, 1.165) is 37.4 Å². The molecule has 0 bridgehead atoms. The molecule has 2 aromatic rings. The summed E-state index contributed by atoms with van der Waals surface area (Å²) in [5.74, 6) is -0.419. The first-order valence-electron chi connectivity index (χ1n) is 8.52. The molecule has 6 heteroatoms. The second-order valence-corrected chi connectivity index (χ2v) is 6.13. The number of nitrogens with zero attached hydrogens (tertiary/aromatic N) is 3. The van der Waals surface area contributed by atoms with Gasteiger partial charge in [-0.1, -0.05) is 12.1 Å². The summed E-state index contributed by atoms with van der Waals surface area (Å²) < 4.78 is 10.5. The number of ether oxygens (including phenoxy) is 2. The molecular formula is C19H23N3O3. The van der Waals surface area contributed by atoms with E-state index in [1.807, 2.05) is 30.3 Å². The zero-order valence-electron chi connectivity index (χ0n) is 14.4. The van der Waals surface area contributed by atoms with Gasteiger partial charge in [-0.25, -0.2) is 9.78 Å². The van der Waals surface area contributed by atoms with Gasteiger partial charge in [0, 0.05) is 32.4 Å². The predicted molar refractivity (Wildman–Crippen MR) is 92.9 cm³/mol. The molecule has 3 heterocycles. The van der Waals surface area contributed by atoms with Crippen molar-refractivity contribution in [2.24, 2.45) is 0 Å². The van der Waals surface area contributed by atoms with Gasteiger partial charge in [0.2, 0.25) is 0 Å². The number of hydrogen-bond acceptors (Lipinski definition) is 6. The zero-order chi connectivity index (χ0) is 17.5.